The maximum atomic E-state index is 13.3. The van der Waals surface area contributed by atoms with Crippen LogP contribution in [0.25, 0.3) is 11.0 Å². The fraction of sp³-hybridized carbons (Fsp3) is 0.118. The molecule has 24 heavy (non-hydrogen) atoms. The summed E-state index contributed by atoms with van der Waals surface area (Å²) >= 11 is 1.57. The highest BCUT2D eigenvalue weighted by Gasteiger charge is 2.25. The number of hydrogen-bond donors (Lipinski definition) is 0. The van der Waals surface area contributed by atoms with Crippen LogP contribution in [0.2, 0.25) is 0 Å². The van der Waals surface area contributed by atoms with Gasteiger partial charge < -0.3 is 4.74 Å². The van der Waals surface area contributed by atoms with Gasteiger partial charge in [-0.15, -0.1) is 11.3 Å². The lowest BCUT2D eigenvalue weighted by molar-refractivity contribution is -0.129. The van der Waals surface area contributed by atoms with Gasteiger partial charge in [-0.2, -0.15) is 0 Å². The van der Waals surface area contributed by atoms with Gasteiger partial charge in [0.05, 0.1) is 11.4 Å². The molecule has 0 saturated carbocycles. The monoisotopic (exact) mass is 341 g/mol. The predicted molar refractivity (Wildman–Crippen MR) is 89.5 cm³/mol. The molecule has 1 aromatic carbocycles. The average Bonchev–Trinajstić information content (AvgIpc) is 3.15. The molecule has 0 spiro atoms. The number of hydrogen-bond acceptors (Lipinski definition) is 5. The average molecular weight is 341 g/mol. The number of esters is 1. The van der Waals surface area contributed by atoms with E-state index in [0.29, 0.717) is 5.56 Å². The van der Waals surface area contributed by atoms with Crippen LogP contribution in [-0.2, 0) is 9.53 Å². The van der Waals surface area contributed by atoms with Crippen molar-refractivity contribution in [1.82, 2.24) is 9.38 Å². The highest BCUT2D eigenvalue weighted by atomic mass is 32.1. The Kier molecular flexibility index (Phi) is 3.31. The maximum absolute atomic E-state index is 13.3. The molecule has 7 heteroatoms. The first-order chi connectivity index (χ1) is 11.5. The zero-order chi connectivity index (χ0) is 16.8. The van der Waals surface area contributed by atoms with Crippen LogP contribution < -0.4 is 0 Å². The summed E-state index contributed by atoms with van der Waals surface area (Å²) in [6.07, 6.45) is 3.61. The molecule has 2 aromatic heterocycles. The minimum absolute atomic E-state index is 0.102. The third-order valence-corrected chi connectivity index (χ3v) is 4.53. The zero-order valence-electron chi connectivity index (χ0n) is 12.9. The van der Waals surface area contributed by atoms with Gasteiger partial charge in [-0.05, 0) is 38.1 Å². The van der Waals surface area contributed by atoms with E-state index in [-0.39, 0.29) is 11.6 Å². The fourth-order valence-corrected chi connectivity index (χ4v) is 3.42. The number of ether oxygens (including phenoxy) is 1. The molecule has 3 heterocycles. The number of carbonyl (C=O) groups excluding carboxylic acids is 1. The molecular weight excluding hydrogens is 329 g/mol. The van der Waals surface area contributed by atoms with Crippen molar-refractivity contribution in [3.05, 3.63) is 63.8 Å². The van der Waals surface area contributed by atoms with Gasteiger partial charge in [0.1, 0.15) is 5.82 Å². The number of cyclic esters (lactones) is 1. The quantitative estimate of drug-likeness (QED) is 0.529. The number of fused-ring (bicyclic) bond motifs is 1. The molecule has 1 aliphatic heterocycles. The highest BCUT2D eigenvalue weighted by molar-refractivity contribution is 7.17. The zero-order valence-corrected chi connectivity index (χ0v) is 13.7. The van der Waals surface area contributed by atoms with Crippen molar-refractivity contribution >= 4 is 34.2 Å². The van der Waals surface area contributed by atoms with Gasteiger partial charge in [0.15, 0.2) is 10.7 Å². The molecular formula is C17H12FN3O2S. The standard InChI is InChI=1S/C17H12FN3O2S/c1-9-8-21-14(10(2)19-17(21)24-9)7-13-16(22)23-15(20-13)11-4-3-5-12(18)6-11/h3-8H,1-2H3. The van der Waals surface area contributed by atoms with Crippen LogP contribution in [0.3, 0.4) is 0 Å². The Morgan fingerprint density at radius 2 is 2.17 bits per heavy atom. The van der Waals surface area contributed by atoms with E-state index < -0.39 is 11.8 Å². The summed E-state index contributed by atoms with van der Waals surface area (Å²) in [5, 5.41) is 0. The molecule has 0 N–H and O–H groups in total. The van der Waals surface area contributed by atoms with Crippen LogP contribution in [0.4, 0.5) is 4.39 Å². The summed E-state index contributed by atoms with van der Waals surface area (Å²) in [5.74, 6) is -0.869. The number of aliphatic imine (C=N–C) groups is 1. The van der Waals surface area contributed by atoms with Crippen LogP contribution in [-0.4, -0.2) is 21.3 Å². The molecule has 0 fully saturated rings. The van der Waals surface area contributed by atoms with E-state index in [0.717, 1.165) is 21.2 Å². The first-order valence-corrected chi connectivity index (χ1v) is 8.06. The molecule has 3 aromatic rings. The van der Waals surface area contributed by atoms with Gasteiger partial charge in [0.2, 0.25) is 5.90 Å². The molecule has 0 atom stereocenters. The van der Waals surface area contributed by atoms with E-state index in [1.165, 1.54) is 12.1 Å². The van der Waals surface area contributed by atoms with Crippen LogP contribution in [0.15, 0.2) is 41.2 Å². The number of benzene rings is 1. The maximum Gasteiger partial charge on any atom is 0.363 e. The van der Waals surface area contributed by atoms with Gasteiger partial charge in [0, 0.05) is 16.6 Å². The van der Waals surface area contributed by atoms with E-state index in [1.54, 1.807) is 29.5 Å². The van der Waals surface area contributed by atoms with Crippen LogP contribution in [0.1, 0.15) is 21.8 Å². The molecule has 0 saturated heterocycles. The van der Waals surface area contributed by atoms with E-state index in [4.69, 9.17) is 4.74 Å². The third-order valence-electron chi connectivity index (χ3n) is 3.63. The number of thiazole rings is 1. The number of rotatable bonds is 2. The third kappa shape index (κ3) is 2.43. The topological polar surface area (TPSA) is 56.0 Å². The molecule has 0 radical (unpaired) electrons. The summed E-state index contributed by atoms with van der Waals surface area (Å²) < 4.78 is 20.4. The summed E-state index contributed by atoms with van der Waals surface area (Å²) in [5.41, 5.74) is 2.18. The number of nitrogens with zero attached hydrogens (tertiary/aromatic N) is 3. The summed E-state index contributed by atoms with van der Waals surface area (Å²) in [4.78, 5) is 22.8. The van der Waals surface area contributed by atoms with Crippen LogP contribution >= 0.6 is 11.3 Å². The number of aromatic nitrogens is 2. The molecule has 4 rings (SSSR count). The Labute approximate surface area is 140 Å². The Hall–Kier alpha value is -2.80. The van der Waals surface area contributed by atoms with E-state index in [2.05, 4.69) is 9.98 Å². The SMILES string of the molecule is Cc1cn2c(C=C3N=C(c4cccc(F)c4)OC3=O)c(C)nc2s1. The molecule has 0 unspecified atom stereocenters. The Morgan fingerprint density at radius 3 is 2.96 bits per heavy atom. The summed E-state index contributed by atoms with van der Waals surface area (Å²) in [7, 11) is 0. The number of carbonyl (C=O) groups is 1. The highest BCUT2D eigenvalue weighted by Crippen LogP contribution is 2.25. The van der Waals surface area contributed by atoms with Gasteiger partial charge in [-0.3, -0.25) is 4.40 Å². The minimum atomic E-state index is -0.560. The first-order valence-electron chi connectivity index (χ1n) is 7.25. The lowest BCUT2D eigenvalue weighted by Gasteiger charge is -1.98. The lowest BCUT2D eigenvalue weighted by Crippen LogP contribution is -2.05. The molecule has 0 bridgehead atoms. The number of imidazole rings is 1. The second-order valence-electron chi connectivity index (χ2n) is 5.42. The predicted octanol–water partition coefficient (Wildman–Crippen LogP) is 3.50. The Morgan fingerprint density at radius 1 is 1.33 bits per heavy atom. The van der Waals surface area contributed by atoms with Crippen molar-refractivity contribution in [2.24, 2.45) is 4.99 Å². The van der Waals surface area contributed by atoms with E-state index in [1.807, 2.05) is 24.4 Å². The first kappa shape index (κ1) is 14.8. The molecule has 0 amide bonds. The van der Waals surface area contributed by atoms with Crippen LogP contribution in [0, 0.1) is 19.7 Å². The summed E-state index contributed by atoms with van der Waals surface area (Å²) in [6.45, 7) is 3.87. The van der Waals surface area contributed by atoms with Crippen molar-refractivity contribution in [3.63, 3.8) is 0 Å². The van der Waals surface area contributed by atoms with Gasteiger partial charge in [0.25, 0.3) is 0 Å². The Bertz CT molecular complexity index is 1050. The summed E-state index contributed by atoms with van der Waals surface area (Å²) in [6, 6.07) is 5.78. The van der Waals surface area contributed by atoms with Crippen molar-refractivity contribution in [3.8, 4) is 0 Å². The molecule has 5 nitrogen and oxygen atoms in total. The fourth-order valence-electron chi connectivity index (χ4n) is 2.54. The van der Waals surface area contributed by atoms with Crippen molar-refractivity contribution < 1.29 is 13.9 Å². The van der Waals surface area contributed by atoms with E-state index in [9.17, 15) is 9.18 Å². The van der Waals surface area contributed by atoms with E-state index >= 15 is 0 Å². The van der Waals surface area contributed by atoms with Gasteiger partial charge in [-0.25, -0.2) is 19.2 Å². The second kappa shape index (κ2) is 5.38. The Balaban J connectivity index is 1.79. The smallest absolute Gasteiger partial charge is 0.363 e. The number of aryl methyl sites for hydroxylation is 2. The normalized spacial score (nSPS) is 16.0. The second-order valence-corrected chi connectivity index (χ2v) is 6.64. The molecule has 0 aliphatic carbocycles. The minimum Gasteiger partial charge on any atom is -0.402 e. The van der Waals surface area contributed by atoms with Crippen molar-refractivity contribution in [2.45, 2.75) is 13.8 Å². The van der Waals surface area contributed by atoms with Crippen molar-refractivity contribution in [2.75, 3.05) is 0 Å². The van der Waals surface area contributed by atoms with Crippen LogP contribution in [0.5, 0.6) is 0 Å². The molecule has 1 aliphatic rings. The van der Waals surface area contributed by atoms with Gasteiger partial charge in [-0.1, -0.05) is 6.07 Å². The number of halogens is 1. The lowest BCUT2D eigenvalue weighted by atomic mass is 10.2. The van der Waals surface area contributed by atoms with Gasteiger partial charge >= 0.3 is 5.97 Å². The molecule has 120 valence electrons. The van der Waals surface area contributed by atoms with Crippen molar-refractivity contribution in [1.29, 1.82) is 0 Å². The largest absolute Gasteiger partial charge is 0.402 e.